The van der Waals surface area contributed by atoms with E-state index in [1.165, 1.54) is 49.1 Å². The van der Waals surface area contributed by atoms with Gasteiger partial charge in [0.2, 0.25) is 0 Å². The third-order valence-corrected chi connectivity index (χ3v) is 9.76. The predicted molar refractivity (Wildman–Crippen MR) is 200 cm³/mol. The zero-order chi connectivity index (χ0) is 37.3. The van der Waals surface area contributed by atoms with Crippen molar-refractivity contribution < 1.29 is 42.9 Å². The molecule has 52 heavy (non-hydrogen) atoms. The van der Waals surface area contributed by atoms with Crippen LogP contribution in [0.4, 0.5) is 11.4 Å². The number of fused-ring (bicyclic) bond motifs is 2. The lowest BCUT2D eigenvalue weighted by molar-refractivity contribution is 0.0697. The van der Waals surface area contributed by atoms with Gasteiger partial charge in [-0.25, -0.2) is 4.79 Å². The average Bonchev–Trinajstić information content (AvgIpc) is 3.11. The Morgan fingerprint density at radius 2 is 1.63 bits per heavy atom. The van der Waals surface area contributed by atoms with E-state index in [0.717, 1.165) is 18.5 Å². The van der Waals surface area contributed by atoms with Crippen LogP contribution in [0, 0.1) is 0 Å². The van der Waals surface area contributed by atoms with Crippen LogP contribution in [0.5, 0.6) is 5.75 Å². The number of hydrogen-bond donors (Lipinski definition) is 5. The topological polar surface area (TPSA) is 202 Å². The number of anilines is 2. The second-order valence-corrected chi connectivity index (χ2v) is 14.4. The lowest BCUT2D eigenvalue weighted by Gasteiger charge is -2.24. The molecule has 3 aromatic rings. The highest BCUT2D eigenvalue weighted by atomic mass is 31.2. The number of hydrogen-bond acceptors (Lipinski definition) is 11. The molecule has 14 heteroatoms. The Morgan fingerprint density at radius 1 is 0.885 bits per heavy atom. The van der Waals surface area contributed by atoms with Gasteiger partial charge in [0.05, 0.1) is 25.4 Å². The largest absolute Gasteiger partial charge is 0.508 e. The molecular formula is C38H42N3O10P. The standard InChI is InChI=1S/C38H42N3O10P/c1-52(48,50-21-18-41(17-19-42)27-9-7-26(39)8-10-27)49-20-5-3-2-4-16-40-37(45)25-6-13-30(38(46)47)33(22-25)36-31-14-11-28(43)23-34(31)51-35-24-29(44)12-15-32(35)36/h6-15,22-24,42-43H,2-5,16-21,39H2,1H3,(H,40,45)(H,46,47). The number of aliphatic hydroxyl groups is 1. The second kappa shape index (κ2) is 17.3. The number of amides is 1. The van der Waals surface area contributed by atoms with Gasteiger partial charge in [-0.2, -0.15) is 0 Å². The molecule has 0 fully saturated rings. The van der Waals surface area contributed by atoms with Crippen molar-refractivity contribution in [2.24, 2.45) is 0 Å². The van der Waals surface area contributed by atoms with Crippen LogP contribution in [-0.4, -0.2) is 73.3 Å². The van der Waals surface area contributed by atoms with Gasteiger partial charge >= 0.3 is 13.6 Å². The lowest BCUT2D eigenvalue weighted by atomic mass is 9.89. The number of benzene rings is 4. The smallest absolute Gasteiger partial charge is 0.336 e. The zero-order valence-electron chi connectivity index (χ0n) is 28.7. The SMILES string of the molecule is CP(=O)(OCCCCCCNC(=O)c1ccc(C(=O)O)c(-c2c3ccc(=O)cc-3oc3cc(O)ccc23)c1)OCCN(CCO)c1ccc(N)cc1. The summed E-state index contributed by atoms with van der Waals surface area (Å²) in [5, 5.41) is 32.9. The minimum absolute atomic E-state index is 0.0456. The third kappa shape index (κ3) is 9.77. The molecule has 1 heterocycles. The van der Waals surface area contributed by atoms with Gasteiger partial charge in [0.25, 0.3) is 5.91 Å². The van der Waals surface area contributed by atoms with Crippen LogP contribution in [0.3, 0.4) is 0 Å². The Morgan fingerprint density at radius 3 is 2.38 bits per heavy atom. The first-order chi connectivity index (χ1) is 25.0. The second-order valence-electron chi connectivity index (χ2n) is 12.3. The Balaban J connectivity index is 1.12. The van der Waals surface area contributed by atoms with Crippen molar-refractivity contribution in [1.29, 1.82) is 0 Å². The number of rotatable bonds is 18. The number of nitrogens with one attached hydrogen (secondary N) is 1. The highest BCUT2D eigenvalue weighted by molar-refractivity contribution is 7.52. The van der Waals surface area contributed by atoms with Crippen molar-refractivity contribution in [3.8, 4) is 28.2 Å². The Bertz CT molecular complexity index is 2100. The molecule has 1 aliphatic carbocycles. The maximum absolute atomic E-state index is 13.2. The molecule has 0 aromatic heterocycles. The number of phenols is 1. The molecule has 1 atom stereocenters. The molecule has 5 rings (SSSR count). The molecule has 1 unspecified atom stereocenters. The van der Waals surface area contributed by atoms with E-state index >= 15 is 0 Å². The number of phenolic OH excluding ortho intramolecular Hbond substituents is 1. The van der Waals surface area contributed by atoms with Gasteiger partial charge in [0.15, 0.2) is 5.43 Å². The van der Waals surface area contributed by atoms with Crippen molar-refractivity contribution in [2.75, 3.05) is 56.8 Å². The number of carbonyl (C=O) groups is 2. The third-order valence-electron chi connectivity index (χ3n) is 8.46. The van der Waals surface area contributed by atoms with Gasteiger partial charge in [-0.05, 0) is 85.1 Å². The number of nitrogens with zero attached hydrogens (tertiary/aromatic N) is 1. The van der Waals surface area contributed by atoms with Gasteiger partial charge in [-0.3, -0.25) is 14.2 Å². The Kier molecular flexibility index (Phi) is 12.7. The zero-order valence-corrected chi connectivity index (χ0v) is 29.6. The first-order valence-electron chi connectivity index (χ1n) is 16.9. The fraction of sp³-hybridized carbons (Fsp3) is 0.289. The summed E-state index contributed by atoms with van der Waals surface area (Å²) in [7, 11) is -3.28. The molecule has 3 aromatic carbocycles. The minimum atomic E-state index is -3.28. The molecule has 0 spiro atoms. The van der Waals surface area contributed by atoms with Crippen LogP contribution in [0.25, 0.3) is 33.4 Å². The van der Waals surface area contributed by atoms with Crippen LogP contribution < -0.4 is 21.4 Å². The quantitative estimate of drug-likeness (QED) is 0.0296. The fourth-order valence-corrected chi connectivity index (χ4v) is 6.82. The highest BCUT2D eigenvalue weighted by Gasteiger charge is 2.23. The van der Waals surface area contributed by atoms with Crippen LogP contribution in [0.1, 0.15) is 46.4 Å². The van der Waals surface area contributed by atoms with Crippen LogP contribution >= 0.6 is 7.60 Å². The van der Waals surface area contributed by atoms with Crippen molar-refractivity contribution >= 4 is 41.8 Å². The summed E-state index contributed by atoms with van der Waals surface area (Å²) >= 11 is 0. The average molecular weight is 732 g/mol. The predicted octanol–water partition coefficient (Wildman–Crippen LogP) is 6.20. The molecular weight excluding hydrogens is 689 g/mol. The number of aliphatic hydroxyl groups excluding tert-OH is 1. The molecule has 1 aliphatic heterocycles. The van der Waals surface area contributed by atoms with E-state index in [4.69, 9.17) is 19.2 Å². The Labute approximate surface area is 300 Å². The number of aromatic hydroxyl groups is 1. The van der Waals surface area contributed by atoms with E-state index in [1.807, 2.05) is 17.0 Å². The molecule has 0 saturated heterocycles. The van der Waals surface area contributed by atoms with E-state index in [-0.39, 0.29) is 64.9 Å². The number of nitrogen functional groups attached to an aromatic ring is 1. The first-order valence-corrected chi connectivity index (χ1v) is 18.9. The number of carbonyl (C=O) groups excluding carboxylic acids is 1. The number of carboxylic acids is 1. The summed E-state index contributed by atoms with van der Waals surface area (Å²) in [4.78, 5) is 39.5. The van der Waals surface area contributed by atoms with E-state index < -0.39 is 13.6 Å². The molecule has 1 amide bonds. The van der Waals surface area contributed by atoms with Crippen LogP contribution in [0.15, 0.2) is 88.1 Å². The number of aromatic carboxylic acids is 1. The molecule has 0 radical (unpaired) electrons. The summed E-state index contributed by atoms with van der Waals surface area (Å²) in [5.74, 6) is -1.43. The van der Waals surface area contributed by atoms with Gasteiger partial charge in [0.1, 0.15) is 17.1 Å². The normalized spacial score (nSPS) is 12.5. The molecule has 274 valence electrons. The number of carboxylic acid groups (broad SMARTS) is 1. The summed E-state index contributed by atoms with van der Waals surface area (Å²) in [6.45, 7) is 2.97. The molecule has 13 nitrogen and oxygen atoms in total. The van der Waals surface area contributed by atoms with E-state index in [0.29, 0.717) is 54.7 Å². The maximum atomic E-state index is 13.2. The molecule has 6 N–H and O–H groups in total. The fourth-order valence-electron chi connectivity index (χ4n) is 5.87. The summed E-state index contributed by atoms with van der Waals surface area (Å²) in [6, 6.07) is 20.2. The lowest BCUT2D eigenvalue weighted by Crippen LogP contribution is -2.30. The maximum Gasteiger partial charge on any atom is 0.336 e. The molecule has 0 saturated carbocycles. The van der Waals surface area contributed by atoms with E-state index in [9.17, 15) is 34.3 Å². The number of unbranched alkanes of at least 4 members (excludes halogenated alkanes) is 3. The van der Waals surface area contributed by atoms with Crippen LogP contribution in [0.2, 0.25) is 0 Å². The van der Waals surface area contributed by atoms with E-state index in [1.54, 1.807) is 24.3 Å². The van der Waals surface area contributed by atoms with Crippen molar-refractivity contribution in [3.63, 3.8) is 0 Å². The van der Waals surface area contributed by atoms with Crippen molar-refractivity contribution in [1.82, 2.24) is 5.32 Å². The first kappa shape index (κ1) is 38.0. The van der Waals surface area contributed by atoms with Gasteiger partial charge < -0.3 is 44.7 Å². The monoisotopic (exact) mass is 731 g/mol. The summed E-state index contributed by atoms with van der Waals surface area (Å²) in [6.07, 6.45) is 2.87. The van der Waals surface area contributed by atoms with E-state index in [2.05, 4.69) is 5.32 Å². The molecule has 0 bridgehead atoms. The van der Waals surface area contributed by atoms with Crippen molar-refractivity contribution in [2.45, 2.75) is 25.7 Å². The van der Waals surface area contributed by atoms with Gasteiger partial charge in [-0.1, -0.05) is 12.8 Å². The summed E-state index contributed by atoms with van der Waals surface area (Å²) < 4.78 is 29.7. The van der Waals surface area contributed by atoms with Crippen LogP contribution in [-0.2, 0) is 13.6 Å². The number of nitrogens with two attached hydrogens (primary N) is 1. The van der Waals surface area contributed by atoms with Gasteiger partial charge in [0, 0.05) is 71.9 Å². The summed E-state index contributed by atoms with van der Waals surface area (Å²) in [5.41, 5.74) is 8.60. The minimum Gasteiger partial charge on any atom is -0.508 e. The van der Waals surface area contributed by atoms with Crippen molar-refractivity contribution in [3.05, 3.63) is 100 Å². The molecule has 2 aliphatic rings. The highest BCUT2D eigenvalue weighted by Crippen LogP contribution is 2.44. The Hall–Kier alpha value is -5.20. The van der Waals surface area contributed by atoms with Gasteiger partial charge in [-0.15, -0.1) is 0 Å².